The van der Waals surface area contributed by atoms with Crippen molar-refractivity contribution in [2.75, 3.05) is 13.2 Å². The molecular formula is C17H15Cl2FN2O4S. The molecule has 0 radical (unpaired) electrons. The van der Waals surface area contributed by atoms with Crippen molar-refractivity contribution < 1.29 is 23.5 Å². The summed E-state index contributed by atoms with van der Waals surface area (Å²) in [6, 6.07) is 5.56. The number of aromatic nitrogens is 1. The molecular weight excluding hydrogens is 418 g/mol. The monoisotopic (exact) mass is 432 g/mol. The first-order valence-electron chi connectivity index (χ1n) is 8.12. The Labute approximate surface area is 168 Å². The fourth-order valence-electron chi connectivity index (χ4n) is 2.61. The lowest BCUT2D eigenvalue weighted by molar-refractivity contribution is -0.131. The molecule has 27 heavy (non-hydrogen) atoms. The zero-order chi connectivity index (χ0) is 19.4. The highest BCUT2D eigenvalue weighted by atomic mass is 35.5. The summed E-state index contributed by atoms with van der Waals surface area (Å²) in [6.45, 7) is 0.875. The SMILES string of the molecule is O=C(OC(C(=O)NCC1CCCO1)c1ccccc1F)c1nsc(Cl)c1Cl. The molecule has 1 aromatic carbocycles. The van der Waals surface area contributed by atoms with Crippen LogP contribution in [-0.4, -0.2) is 35.5 Å². The Bertz CT molecular complexity index is 842. The summed E-state index contributed by atoms with van der Waals surface area (Å²) < 4.78 is 28.8. The Balaban J connectivity index is 1.79. The Morgan fingerprint density at radius 1 is 1.41 bits per heavy atom. The lowest BCUT2D eigenvalue weighted by atomic mass is 10.1. The Morgan fingerprint density at radius 2 is 2.19 bits per heavy atom. The quantitative estimate of drug-likeness (QED) is 0.702. The van der Waals surface area contributed by atoms with Crippen LogP contribution >= 0.6 is 34.7 Å². The molecule has 1 aliphatic rings. The van der Waals surface area contributed by atoms with Gasteiger partial charge in [-0.1, -0.05) is 41.4 Å². The van der Waals surface area contributed by atoms with Gasteiger partial charge in [-0.15, -0.1) is 0 Å². The van der Waals surface area contributed by atoms with Gasteiger partial charge in [0, 0.05) is 18.7 Å². The van der Waals surface area contributed by atoms with Crippen LogP contribution in [-0.2, 0) is 14.3 Å². The molecule has 1 saturated heterocycles. The summed E-state index contributed by atoms with van der Waals surface area (Å²) in [6.07, 6.45) is 0.113. The summed E-state index contributed by atoms with van der Waals surface area (Å²) in [5.74, 6) is -2.31. The summed E-state index contributed by atoms with van der Waals surface area (Å²) in [4.78, 5) is 25.0. The third-order valence-electron chi connectivity index (χ3n) is 3.97. The lowest BCUT2D eigenvalue weighted by Crippen LogP contribution is -2.37. The Hall–Kier alpha value is -1.74. The molecule has 0 saturated carbocycles. The van der Waals surface area contributed by atoms with E-state index >= 15 is 0 Å². The van der Waals surface area contributed by atoms with Crippen LogP contribution in [0.15, 0.2) is 24.3 Å². The van der Waals surface area contributed by atoms with Crippen LogP contribution in [0.5, 0.6) is 0 Å². The van der Waals surface area contributed by atoms with E-state index < -0.39 is 23.8 Å². The molecule has 1 aliphatic heterocycles. The summed E-state index contributed by atoms with van der Waals surface area (Å²) in [7, 11) is 0. The Morgan fingerprint density at radius 3 is 2.81 bits per heavy atom. The largest absolute Gasteiger partial charge is 0.442 e. The summed E-state index contributed by atoms with van der Waals surface area (Å²) in [5.41, 5.74) is -0.298. The maximum atomic E-state index is 14.2. The van der Waals surface area contributed by atoms with Crippen LogP contribution in [0.4, 0.5) is 4.39 Å². The molecule has 10 heteroatoms. The van der Waals surface area contributed by atoms with Crippen molar-refractivity contribution in [2.24, 2.45) is 0 Å². The fourth-order valence-corrected chi connectivity index (χ4v) is 3.59. The highest BCUT2D eigenvalue weighted by Crippen LogP contribution is 2.31. The number of amides is 1. The first-order valence-corrected chi connectivity index (χ1v) is 9.65. The normalized spacial score (nSPS) is 17.5. The van der Waals surface area contributed by atoms with Crippen LogP contribution in [0.1, 0.15) is 35.0 Å². The fraction of sp³-hybridized carbons (Fsp3) is 0.353. The minimum absolute atomic E-state index is 0.0706. The van der Waals surface area contributed by atoms with Gasteiger partial charge in [0.1, 0.15) is 15.2 Å². The number of esters is 1. The van der Waals surface area contributed by atoms with E-state index in [1.165, 1.54) is 18.2 Å². The van der Waals surface area contributed by atoms with Crippen LogP contribution in [0.25, 0.3) is 0 Å². The Kier molecular flexibility index (Phi) is 6.64. The molecule has 1 fully saturated rings. The van der Waals surface area contributed by atoms with Gasteiger partial charge in [-0.3, -0.25) is 4.79 Å². The second-order valence-electron chi connectivity index (χ2n) is 5.81. The predicted octanol–water partition coefficient (Wildman–Crippen LogP) is 3.78. The zero-order valence-corrected chi connectivity index (χ0v) is 16.2. The van der Waals surface area contributed by atoms with Gasteiger partial charge < -0.3 is 14.8 Å². The average molecular weight is 433 g/mol. The topological polar surface area (TPSA) is 77.5 Å². The van der Waals surface area contributed by atoms with Gasteiger partial charge in [-0.05, 0) is 30.4 Å². The minimum atomic E-state index is -1.50. The second-order valence-corrected chi connectivity index (χ2v) is 7.56. The molecule has 2 atom stereocenters. The number of rotatable bonds is 6. The van der Waals surface area contributed by atoms with Gasteiger partial charge in [-0.2, -0.15) is 4.37 Å². The van der Waals surface area contributed by atoms with Gasteiger partial charge in [0.05, 0.1) is 6.10 Å². The molecule has 144 valence electrons. The molecule has 1 aromatic heterocycles. The van der Waals surface area contributed by atoms with Crippen LogP contribution in [0.2, 0.25) is 9.36 Å². The molecule has 6 nitrogen and oxygen atoms in total. The minimum Gasteiger partial charge on any atom is -0.442 e. The van der Waals surface area contributed by atoms with Crippen molar-refractivity contribution in [1.82, 2.24) is 9.69 Å². The highest BCUT2D eigenvalue weighted by molar-refractivity contribution is 7.11. The molecule has 0 spiro atoms. The van der Waals surface area contributed by atoms with Crippen LogP contribution in [0.3, 0.4) is 0 Å². The molecule has 3 rings (SSSR count). The molecule has 2 aromatic rings. The van der Waals surface area contributed by atoms with E-state index in [0.717, 1.165) is 24.4 Å². The molecule has 1 N–H and O–H groups in total. The van der Waals surface area contributed by atoms with Gasteiger partial charge in [-0.25, -0.2) is 9.18 Å². The summed E-state index contributed by atoms with van der Waals surface area (Å²) >= 11 is 12.5. The first kappa shape index (κ1) is 20.0. The molecule has 2 unspecified atom stereocenters. The standard InChI is InChI=1S/C17H15Cl2FN2O4S/c18-12-13(22-27-15(12)19)17(24)26-14(10-5-1-2-6-11(10)20)16(23)21-8-9-4-3-7-25-9/h1-2,5-6,9,14H,3-4,7-8H2,(H,21,23). The molecule has 0 aliphatic carbocycles. The number of halogens is 3. The number of carbonyl (C=O) groups excluding carboxylic acids is 2. The second kappa shape index (κ2) is 8.97. The number of nitrogens with zero attached hydrogens (tertiary/aromatic N) is 1. The van der Waals surface area contributed by atoms with E-state index in [4.69, 9.17) is 32.7 Å². The van der Waals surface area contributed by atoms with E-state index in [-0.39, 0.29) is 33.3 Å². The van der Waals surface area contributed by atoms with E-state index in [1.807, 2.05) is 0 Å². The van der Waals surface area contributed by atoms with Crippen molar-refractivity contribution >= 4 is 46.6 Å². The highest BCUT2D eigenvalue weighted by Gasteiger charge is 2.31. The molecule has 0 bridgehead atoms. The first-order chi connectivity index (χ1) is 13.0. The van der Waals surface area contributed by atoms with Gasteiger partial charge in [0.2, 0.25) is 6.10 Å². The number of ether oxygens (including phenoxy) is 2. The van der Waals surface area contributed by atoms with E-state index in [2.05, 4.69) is 9.69 Å². The number of benzene rings is 1. The van der Waals surface area contributed by atoms with Crippen molar-refractivity contribution in [2.45, 2.75) is 25.0 Å². The van der Waals surface area contributed by atoms with Crippen LogP contribution < -0.4 is 5.32 Å². The maximum absolute atomic E-state index is 14.2. The van der Waals surface area contributed by atoms with E-state index in [1.54, 1.807) is 6.07 Å². The summed E-state index contributed by atoms with van der Waals surface area (Å²) in [5, 5.41) is 2.57. The van der Waals surface area contributed by atoms with Gasteiger partial charge in [0.15, 0.2) is 5.69 Å². The van der Waals surface area contributed by atoms with Crippen molar-refractivity contribution in [3.05, 3.63) is 50.7 Å². The lowest BCUT2D eigenvalue weighted by Gasteiger charge is -2.19. The predicted molar refractivity (Wildman–Crippen MR) is 98.7 cm³/mol. The van der Waals surface area contributed by atoms with Crippen molar-refractivity contribution in [3.63, 3.8) is 0 Å². The third kappa shape index (κ3) is 4.76. The molecule has 2 heterocycles. The van der Waals surface area contributed by atoms with E-state index in [0.29, 0.717) is 6.61 Å². The number of hydrogen-bond acceptors (Lipinski definition) is 6. The number of hydrogen-bond donors (Lipinski definition) is 1. The smallest absolute Gasteiger partial charge is 0.360 e. The number of nitrogens with one attached hydrogen (secondary N) is 1. The van der Waals surface area contributed by atoms with Gasteiger partial charge in [0.25, 0.3) is 5.91 Å². The third-order valence-corrected chi connectivity index (χ3v) is 5.58. The van der Waals surface area contributed by atoms with Crippen molar-refractivity contribution in [3.8, 4) is 0 Å². The maximum Gasteiger partial charge on any atom is 0.360 e. The average Bonchev–Trinajstić information content (AvgIpc) is 3.29. The van der Waals surface area contributed by atoms with Crippen LogP contribution in [0, 0.1) is 5.82 Å². The van der Waals surface area contributed by atoms with E-state index in [9.17, 15) is 14.0 Å². The number of carbonyl (C=O) groups is 2. The van der Waals surface area contributed by atoms with Gasteiger partial charge >= 0.3 is 5.97 Å². The molecule has 1 amide bonds. The van der Waals surface area contributed by atoms with Crippen molar-refractivity contribution in [1.29, 1.82) is 0 Å². The zero-order valence-electron chi connectivity index (χ0n) is 13.9.